The molecule has 13 heavy (non-hydrogen) atoms. The summed E-state index contributed by atoms with van der Waals surface area (Å²) in [6, 6.07) is 4.80. The van der Waals surface area contributed by atoms with Gasteiger partial charge in [-0.05, 0) is 30.7 Å². The quantitative estimate of drug-likeness (QED) is 0.516. The lowest BCUT2D eigenvalue weighted by Gasteiger charge is -1.94. The molecule has 0 heterocycles. The molecule has 0 aliphatic carbocycles. The van der Waals surface area contributed by atoms with Gasteiger partial charge in [-0.2, -0.15) is 12.6 Å². The summed E-state index contributed by atoms with van der Waals surface area (Å²) in [5, 5.41) is 0. The maximum absolute atomic E-state index is 12.9. The fourth-order valence-electron chi connectivity index (χ4n) is 1.03. The van der Waals surface area contributed by atoms with Crippen LogP contribution < -0.4 is 0 Å². The van der Waals surface area contributed by atoms with Crippen molar-refractivity contribution in [3.63, 3.8) is 0 Å². The fraction of sp³-hybridized carbons (Fsp3) is 0.273. The van der Waals surface area contributed by atoms with Gasteiger partial charge in [0.15, 0.2) is 0 Å². The maximum Gasteiger partial charge on any atom is 0.124 e. The Hall–Kier alpha value is -0.940. The van der Waals surface area contributed by atoms with Gasteiger partial charge in [-0.15, -0.1) is 0 Å². The van der Waals surface area contributed by atoms with Gasteiger partial charge in [0, 0.05) is 17.7 Å². The minimum Gasteiger partial charge on any atom is -0.207 e. The Balaban J connectivity index is 2.85. The van der Waals surface area contributed by atoms with E-state index >= 15 is 0 Å². The van der Waals surface area contributed by atoms with Crippen molar-refractivity contribution in [1.82, 2.24) is 0 Å². The summed E-state index contributed by atoms with van der Waals surface area (Å²) in [4.78, 5) is 0. The first-order valence-electron chi connectivity index (χ1n) is 4.09. The number of benzene rings is 1. The molecule has 1 aromatic carbocycles. The highest BCUT2D eigenvalue weighted by Gasteiger charge is 1.93. The summed E-state index contributed by atoms with van der Waals surface area (Å²) < 4.78 is 12.9. The molecule has 0 bridgehead atoms. The number of aryl methyl sites for hydroxylation is 1. The molecular weight excluding hydrogens is 183 g/mol. The van der Waals surface area contributed by atoms with Gasteiger partial charge < -0.3 is 0 Å². The molecule has 0 saturated carbocycles. The van der Waals surface area contributed by atoms with Gasteiger partial charge in [-0.1, -0.05) is 11.8 Å². The van der Waals surface area contributed by atoms with E-state index in [9.17, 15) is 4.39 Å². The molecule has 0 saturated heterocycles. The van der Waals surface area contributed by atoms with Gasteiger partial charge in [0.25, 0.3) is 0 Å². The van der Waals surface area contributed by atoms with Crippen LogP contribution in [0.5, 0.6) is 0 Å². The summed E-state index contributed by atoms with van der Waals surface area (Å²) in [6.07, 6.45) is 0.735. The zero-order valence-electron chi connectivity index (χ0n) is 7.47. The van der Waals surface area contributed by atoms with E-state index in [1.165, 1.54) is 12.1 Å². The molecule has 0 radical (unpaired) electrons. The van der Waals surface area contributed by atoms with Crippen molar-refractivity contribution in [3.8, 4) is 11.8 Å². The number of rotatable bonds is 1. The normalized spacial score (nSPS) is 9.15. The Morgan fingerprint density at radius 2 is 2.15 bits per heavy atom. The molecule has 0 N–H and O–H groups in total. The number of hydrogen-bond acceptors (Lipinski definition) is 1. The zero-order chi connectivity index (χ0) is 9.68. The van der Waals surface area contributed by atoms with Crippen molar-refractivity contribution >= 4 is 12.6 Å². The van der Waals surface area contributed by atoms with Gasteiger partial charge >= 0.3 is 0 Å². The highest BCUT2D eigenvalue weighted by Crippen LogP contribution is 2.06. The largest absolute Gasteiger partial charge is 0.207 e. The Morgan fingerprint density at radius 3 is 2.77 bits per heavy atom. The van der Waals surface area contributed by atoms with Crippen LogP contribution in [0.15, 0.2) is 18.2 Å². The third kappa shape index (κ3) is 3.52. The van der Waals surface area contributed by atoms with Gasteiger partial charge in [-0.25, -0.2) is 4.39 Å². The predicted molar refractivity (Wildman–Crippen MR) is 56.5 cm³/mol. The number of thiol groups is 1. The number of halogens is 1. The van der Waals surface area contributed by atoms with Crippen molar-refractivity contribution in [3.05, 3.63) is 35.1 Å². The van der Waals surface area contributed by atoms with Crippen molar-refractivity contribution in [2.45, 2.75) is 13.3 Å². The van der Waals surface area contributed by atoms with E-state index in [1.54, 1.807) is 0 Å². The predicted octanol–water partition coefficient (Wildman–Crippen LogP) is 2.81. The molecule has 0 fully saturated rings. The second-order valence-electron chi connectivity index (χ2n) is 2.79. The first-order chi connectivity index (χ1) is 6.22. The standard InChI is InChI=1S/C11H11FS/c1-9-6-10(4-2-3-5-13)8-11(12)7-9/h6-8,13H,3,5H2,1H3. The average Bonchev–Trinajstić information content (AvgIpc) is 2.03. The first kappa shape index (κ1) is 10.1. The summed E-state index contributed by atoms with van der Waals surface area (Å²) in [7, 11) is 0. The van der Waals surface area contributed by atoms with E-state index in [4.69, 9.17) is 0 Å². The van der Waals surface area contributed by atoms with E-state index in [2.05, 4.69) is 24.5 Å². The third-order valence-corrected chi connectivity index (χ3v) is 1.74. The van der Waals surface area contributed by atoms with Crippen LogP contribution in [0.1, 0.15) is 17.5 Å². The van der Waals surface area contributed by atoms with Crippen molar-refractivity contribution in [2.75, 3.05) is 5.75 Å². The fourth-order valence-corrected chi connectivity index (χ4v) is 1.14. The van der Waals surface area contributed by atoms with Gasteiger partial charge in [0.1, 0.15) is 5.82 Å². The van der Waals surface area contributed by atoms with Crippen molar-refractivity contribution in [1.29, 1.82) is 0 Å². The third-order valence-electron chi connectivity index (χ3n) is 1.51. The van der Waals surface area contributed by atoms with Crippen LogP contribution in [0.3, 0.4) is 0 Å². The molecule has 1 rings (SSSR count). The van der Waals surface area contributed by atoms with Gasteiger partial charge in [-0.3, -0.25) is 0 Å². The molecule has 0 nitrogen and oxygen atoms in total. The zero-order valence-corrected chi connectivity index (χ0v) is 8.37. The van der Waals surface area contributed by atoms with E-state index in [0.717, 1.165) is 23.3 Å². The Bertz CT molecular complexity index is 327. The Kier molecular flexibility index (Phi) is 3.85. The molecular formula is C11H11FS. The van der Waals surface area contributed by atoms with Gasteiger partial charge in [0.05, 0.1) is 0 Å². The Morgan fingerprint density at radius 1 is 1.38 bits per heavy atom. The second-order valence-corrected chi connectivity index (χ2v) is 3.24. The molecule has 0 aliphatic rings. The summed E-state index contributed by atoms with van der Waals surface area (Å²) >= 11 is 4.03. The lowest BCUT2D eigenvalue weighted by atomic mass is 10.1. The van der Waals surface area contributed by atoms with Crippen LogP contribution in [0.25, 0.3) is 0 Å². The van der Waals surface area contributed by atoms with Crippen molar-refractivity contribution in [2.24, 2.45) is 0 Å². The van der Waals surface area contributed by atoms with Crippen molar-refractivity contribution < 1.29 is 4.39 Å². The van der Waals surface area contributed by atoms with Crippen LogP contribution in [0.2, 0.25) is 0 Å². The Labute approximate surface area is 83.6 Å². The average molecular weight is 194 g/mol. The molecule has 0 amide bonds. The van der Waals surface area contributed by atoms with Crippen LogP contribution in [-0.4, -0.2) is 5.75 Å². The summed E-state index contributed by atoms with van der Waals surface area (Å²) in [6.45, 7) is 1.85. The minimum atomic E-state index is -0.227. The molecule has 0 atom stereocenters. The molecule has 68 valence electrons. The highest BCUT2D eigenvalue weighted by molar-refractivity contribution is 7.80. The van der Waals surface area contributed by atoms with E-state index in [0.29, 0.717) is 0 Å². The lowest BCUT2D eigenvalue weighted by Crippen LogP contribution is -1.82. The SMILES string of the molecule is Cc1cc(F)cc(C#CCCS)c1. The van der Waals surface area contributed by atoms with Gasteiger partial charge in [0.2, 0.25) is 0 Å². The monoisotopic (exact) mass is 194 g/mol. The van der Waals surface area contributed by atoms with E-state index in [-0.39, 0.29) is 5.82 Å². The molecule has 0 unspecified atom stereocenters. The van der Waals surface area contributed by atoms with Crippen LogP contribution in [-0.2, 0) is 0 Å². The maximum atomic E-state index is 12.9. The molecule has 2 heteroatoms. The summed E-state index contributed by atoms with van der Waals surface area (Å²) in [5.74, 6) is 6.31. The molecule has 0 spiro atoms. The van der Waals surface area contributed by atoms with E-state index < -0.39 is 0 Å². The van der Waals surface area contributed by atoms with E-state index in [1.807, 2.05) is 13.0 Å². The molecule has 0 aliphatic heterocycles. The lowest BCUT2D eigenvalue weighted by molar-refractivity contribution is 0.626. The van der Waals surface area contributed by atoms with Crippen LogP contribution in [0, 0.1) is 24.6 Å². The van der Waals surface area contributed by atoms with Crippen LogP contribution >= 0.6 is 12.6 Å². The molecule has 1 aromatic rings. The second kappa shape index (κ2) is 4.94. The highest BCUT2D eigenvalue weighted by atomic mass is 32.1. The van der Waals surface area contributed by atoms with Crippen LogP contribution in [0.4, 0.5) is 4.39 Å². The first-order valence-corrected chi connectivity index (χ1v) is 4.72. The number of hydrogen-bond donors (Lipinski definition) is 1. The minimum absolute atomic E-state index is 0.227. The topological polar surface area (TPSA) is 0 Å². The molecule has 0 aromatic heterocycles. The summed E-state index contributed by atoms with van der Waals surface area (Å²) in [5.41, 5.74) is 1.63. The smallest absolute Gasteiger partial charge is 0.124 e.